The van der Waals surface area contributed by atoms with E-state index in [1.807, 2.05) is 43.3 Å². The second kappa shape index (κ2) is 8.90. The molecule has 0 saturated carbocycles. The number of aromatic nitrogens is 2. The molecule has 2 aromatic rings. The number of carbonyl (C=O) groups is 1. The van der Waals surface area contributed by atoms with E-state index >= 15 is 0 Å². The van der Waals surface area contributed by atoms with E-state index in [0.717, 1.165) is 37.3 Å². The quantitative estimate of drug-likeness (QED) is 0.733. The molecule has 30 heavy (non-hydrogen) atoms. The lowest BCUT2D eigenvalue weighted by molar-refractivity contribution is -0.133. The van der Waals surface area contributed by atoms with Crippen LogP contribution in [0.5, 0.6) is 0 Å². The van der Waals surface area contributed by atoms with Crippen LogP contribution in [-0.4, -0.2) is 72.5 Å². The van der Waals surface area contributed by atoms with Gasteiger partial charge < -0.3 is 14.7 Å². The Hall–Kier alpha value is -2.18. The highest BCUT2D eigenvalue weighted by Crippen LogP contribution is 2.37. The van der Waals surface area contributed by atoms with Gasteiger partial charge in [-0.2, -0.15) is 0 Å². The fourth-order valence-corrected chi connectivity index (χ4v) is 4.75. The zero-order valence-electron chi connectivity index (χ0n) is 18.0. The highest BCUT2D eigenvalue weighted by molar-refractivity contribution is 6.30. The number of amides is 1. The van der Waals surface area contributed by atoms with Crippen LogP contribution in [0.4, 0.5) is 5.82 Å². The molecule has 1 aromatic carbocycles. The number of rotatable bonds is 5. The molecule has 0 radical (unpaired) electrons. The van der Waals surface area contributed by atoms with Crippen LogP contribution in [-0.2, 0) is 11.2 Å². The van der Waals surface area contributed by atoms with Gasteiger partial charge in [0.25, 0.3) is 0 Å². The van der Waals surface area contributed by atoms with Crippen molar-refractivity contribution in [1.82, 2.24) is 19.8 Å². The van der Waals surface area contributed by atoms with E-state index in [1.165, 1.54) is 11.3 Å². The maximum absolute atomic E-state index is 13.4. The van der Waals surface area contributed by atoms with Crippen LogP contribution in [0, 0.1) is 0 Å². The topological polar surface area (TPSA) is 52.6 Å². The maximum Gasteiger partial charge on any atom is 0.231 e. The SMILES string of the molecule is C[C@@H]1CCc2ncnc(N3CCN(C(=O)C(CN(C)C)c4ccc(Cl)cc4)CC3)c21. The largest absolute Gasteiger partial charge is 0.353 e. The highest BCUT2D eigenvalue weighted by atomic mass is 35.5. The monoisotopic (exact) mass is 427 g/mol. The Kier molecular flexibility index (Phi) is 6.25. The number of hydrogen-bond donors (Lipinski definition) is 0. The van der Waals surface area contributed by atoms with Crippen LogP contribution in [0.15, 0.2) is 30.6 Å². The normalized spacial score (nSPS) is 19.8. The van der Waals surface area contributed by atoms with Crippen molar-refractivity contribution in [2.24, 2.45) is 0 Å². The van der Waals surface area contributed by atoms with E-state index in [9.17, 15) is 4.79 Å². The van der Waals surface area contributed by atoms with Crippen LogP contribution in [0.25, 0.3) is 0 Å². The summed E-state index contributed by atoms with van der Waals surface area (Å²) in [5.74, 6) is 1.57. The van der Waals surface area contributed by atoms with Gasteiger partial charge in [-0.25, -0.2) is 9.97 Å². The summed E-state index contributed by atoms with van der Waals surface area (Å²) < 4.78 is 0. The first-order valence-electron chi connectivity index (χ1n) is 10.7. The number of fused-ring (bicyclic) bond motifs is 1. The van der Waals surface area contributed by atoms with Crippen LogP contribution < -0.4 is 4.90 Å². The summed E-state index contributed by atoms with van der Waals surface area (Å²) in [6.45, 7) is 5.97. The summed E-state index contributed by atoms with van der Waals surface area (Å²) in [5.41, 5.74) is 3.52. The van der Waals surface area contributed by atoms with Crippen molar-refractivity contribution in [3.05, 3.63) is 52.4 Å². The van der Waals surface area contributed by atoms with Gasteiger partial charge in [-0.15, -0.1) is 0 Å². The van der Waals surface area contributed by atoms with Gasteiger partial charge in [0.15, 0.2) is 0 Å². The summed E-state index contributed by atoms with van der Waals surface area (Å²) in [5, 5.41) is 0.690. The van der Waals surface area contributed by atoms with E-state index in [4.69, 9.17) is 11.6 Å². The smallest absolute Gasteiger partial charge is 0.231 e. The lowest BCUT2D eigenvalue weighted by Gasteiger charge is -2.38. The molecule has 0 N–H and O–H groups in total. The average Bonchev–Trinajstić information content (AvgIpc) is 3.13. The van der Waals surface area contributed by atoms with Gasteiger partial charge in [0.2, 0.25) is 5.91 Å². The number of hydrogen-bond acceptors (Lipinski definition) is 5. The molecule has 4 rings (SSSR count). The second-order valence-corrected chi connectivity index (χ2v) is 9.11. The molecule has 2 atom stereocenters. The van der Waals surface area contributed by atoms with E-state index in [2.05, 4.69) is 26.7 Å². The Balaban J connectivity index is 1.47. The van der Waals surface area contributed by atoms with Crippen molar-refractivity contribution >= 4 is 23.3 Å². The van der Waals surface area contributed by atoms with Crippen molar-refractivity contribution in [3.63, 3.8) is 0 Å². The van der Waals surface area contributed by atoms with Crippen molar-refractivity contribution in [2.45, 2.75) is 31.6 Å². The Bertz CT molecular complexity index is 893. The number of piperazine rings is 1. The molecule has 1 aliphatic heterocycles. The fraction of sp³-hybridized carbons (Fsp3) is 0.522. The summed E-state index contributed by atoms with van der Waals surface area (Å²) in [7, 11) is 4.01. The number of benzene rings is 1. The minimum absolute atomic E-state index is 0.187. The van der Waals surface area contributed by atoms with Crippen molar-refractivity contribution in [1.29, 1.82) is 0 Å². The number of halogens is 1. The molecule has 1 saturated heterocycles. The summed E-state index contributed by atoms with van der Waals surface area (Å²) in [6, 6.07) is 7.66. The van der Waals surface area contributed by atoms with Gasteiger partial charge in [0.1, 0.15) is 12.1 Å². The summed E-state index contributed by atoms with van der Waals surface area (Å²) >= 11 is 6.05. The molecule has 1 fully saturated rings. The molecule has 2 heterocycles. The number of anilines is 1. The molecule has 0 bridgehead atoms. The second-order valence-electron chi connectivity index (χ2n) is 8.68. The first-order chi connectivity index (χ1) is 14.4. The van der Waals surface area contributed by atoms with Gasteiger partial charge in [-0.05, 0) is 50.6 Å². The summed E-state index contributed by atoms with van der Waals surface area (Å²) in [4.78, 5) is 28.9. The summed E-state index contributed by atoms with van der Waals surface area (Å²) in [6.07, 6.45) is 3.88. The van der Waals surface area contributed by atoms with Gasteiger partial charge in [-0.3, -0.25) is 4.79 Å². The molecular formula is C23H30ClN5O. The Morgan fingerprint density at radius 2 is 1.87 bits per heavy atom. The third kappa shape index (κ3) is 4.30. The molecular weight excluding hydrogens is 398 g/mol. The average molecular weight is 428 g/mol. The van der Waals surface area contributed by atoms with Gasteiger partial charge in [0, 0.05) is 49.0 Å². The lowest BCUT2D eigenvalue weighted by Crippen LogP contribution is -2.51. The Morgan fingerprint density at radius 3 is 2.53 bits per heavy atom. The van der Waals surface area contributed by atoms with Gasteiger partial charge in [0.05, 0.1) is 5.92 Å². The Labute approximate surface area is 183 Å². The van der Waals surface area contributed by atoms with Crippen LogP contribution >= 0.6 is 11.6 Å². The molecule has 2 aliphatic rings. The van der Waals surface area contributed by atoms with Gasteiger partial charge in [-0.1, -0.05) is 30.7 Å². The third-order valence-corrected chi connectivity index (χ3v) is 6.51. The number of likely N-dealkylation sites (N-methyl/N-ethyl adjacent to an activating group) is 1. The van der Waals surface area contributed by atoms with Gasteiger partial charge >= 0.3 is 0 Å². The molecule has 1 aromatic heterocycles. The zero-order chi connectivity index (χ0) is 21.3. The fourth-order valence-electron chi connectivity index (χ4n) is 4.62. The van der Waals surface area contributed by atoms with Crippen LogP contribution in [0.2, 0.25) is 5.02 Å². The Morgan fingerprint density at radius 1 is 1.17 bits per heavy atom. The molecule has 1 aliphatic carbocycles. The standard InChI is InChI=1S/C23H30ClN5O/c1-16-4-9-20-21(16)22(26-15-25-20)28-10-12-29(13-11-28)23(30)19(14-27(2)3)17-5-7-18(24)8-6-17/h5-8,15-16,19H,4,9-14H2,1-3H3/t16-,19?/m1/s1. The molecule has 7 heteroatoms. The third-order valence-electron chi connectivity index (χ3n) is 6.26. The van der Waals surface area contributed by atoms with Crippen molar-refractivity contribution < 1.29 is 4.79 Å². The number of carbonyl (C=O) groups excluding carboxylic acids is 1. The van der Waals surface area contributed by atoms with E-state index < -0.39 is 0 Å². The lowest BCUT2D eigenvalue weighted by atomic mass is 9.96. The van der Waals surface area contributed by atoms with Crippen LogP contribution in [0.3, 0.4) is 0 Å². The predicted octanol–water partition coefficient (Wildman–Crippen LogP) is 3.17. The number of nitrogens with zero attached hydrogens (tertiary/aromatic N) is 5. The number of aryl methyl sites for hydroxylation is 1. The van der Waals surface area contributed by atoms with E-state index in [-0.39, 0.29) is 11.8 Å². The highest BCUT2D eigenvalue weighted by Gasteiger charge is 2.32. The zero-order valence-corrected chi connectivity index (χ0v) is 18.8. The molecule has 1 unspecified atom stereocenters. The minimum atomic E-state index is -0.188. The first-order valence-corrected chi connectivity index (χ1v) is 11.1. The van der Waals surface area contributed by atoms with E-state index in [0.29, 0.717) is 30.6 Å². The molecule has 6 nitrogen and oxygen atoms in total. The minimum Gasteiger partial charge on any atom is -0.353 e. The van der Waals surface area contributed by atoms with Crippen molar-refractivity contribution in [3.8, 4) is 0 Å². The predicted molar refractivity (Wildman–Crippen MR) is 120 cm³/mol. The first kappa shape index (κ1) is 21.1. The molecule has 160 valence electrons. The van der Waals surface area contributed by atoms with Crippen molar-refractivity contribution in [2.75, 3.05) is 51.7 Å². The van der Waals surface area contributed by atoms with E-state index in [1.54, 1.807) is 6.33 Å². The van der Waals surface area contributed by atoms with Crippen LogP contribution in [0.1, 0.15) is 42.0 Å². The maximum atomic E-state index is 13.4. The molecule has 0 spiro atoms. The molecule has 1 amide bonds.